The maximum absolute atomic E-state index is 12.2. The Balaban J connectivity index is 1.55. The number of β-lactam (4-membered cyclic amide) rings is 1. The van der Waals surface area contributed by atoms with Gasteiger partial charge in [0.15, 0.2) is 6.21 Å². The highest BCUT2D eigenvalue weighted by molar-refractivity contribution is 6.36. The molecule has 8 nitrogen and oxygen atoms in total. The van der Waals surface area contributed by atoms with Gasteiger partial charge in [-0.1, -0.05) is 6.08 Å². The van der Waals surface area contributed by atoms with Crippen molar-refractivity contribution in [1.82, 2.24) is 9.80 Å². The average Bonchev–Trinajstić information content (AvgIpc) is 3.06. The molecule has 4 aliphatic heterocycles. The molecule has 2 atom stereocenters. The fourth-order valence-corrected chi connectivity index (χ4v) is 3.37. The number of fused-ring (bicyclic) bond motifs is 2. The lowest BCUT2D eigenvalue weighted by Crippen LogP contribution is -2.52. The van der Waals surface area contributed by atoms with Crippen molar-refractivity contribution in [2.45, 2.75) is 18.6 Å². The van der Waals surface area contributed by atoms with Crippen molar-refractivity contribution in [3.63, 3.8) is 0 Å². The van der Waals surface area contributed by atoms with Gasteiger partial charge in [0.05, 0.1) is 6.04 Å². The first-order chi connectivity index (χ1) is 11.0. The maximum Gasteiger partial charge on any atom is 0.352 e. The number of nitrogens with zero attached hydrogens (tertiary/aromatic N) is 4. The molecule has 0 radical (unpaired) electrons. The summed E-state index contributed by atoms with van der Waals surface area (Å²) in [6, 6.07) is -0.202. The maximum atomic E-state index is 12.2. The first-order valence-corrected chi connectivity index (χ1v) is 7.36. The standard InChI is InChI=1S/C15H14N4O4/c1-17-6-12-16-8(5-18(12)7-13(17)20)4-9-10-2-3-11(15(22)23)19(10)14(9)21/h3-5,10,12H,2,6-7H2,1H3/p+1/b9-4+. The van der Waals surface area contributed by atoms with Gasteiger partial charge in [-0.05, 0) is 12.5 Å². The van der Waals surface area contributed by atoms with Crippen LogP contribution in [-0.2, 0) is 14.4 Å². The van der Waals surface area contributed by atoms with E-state index in [1.54, 1.807) is 30.3 Å². The van der Waals surface area contributed by atoms with Crippen molar-refractivity contribution in [1.29, 1.82) is 0 Å². The summed E-state index contributed by atoms with van der Waals surface area (Å²) in [5.41, 5.74) is 1.29. The average molecular weight is 315 g/mol. The summed E-state index contributed by atoms with van der Waals surface area (Å²) in [5, 5.41) is 9.06. The number of carboxylic acid groups (broad SMARTS) is 1. The SMILES string of the molecule is CN1CC2N=C(/C=C3/C(=O)N4C(C(=O)O)=CCC34)C=[N+]2CC1=O. The van der Waals surface area contributed by atoms with E-state index in [9.17, 15) is 14.4 Å². The van der Waals surface area contributed by atoms with Crippen molar-refractivity contribution < 1.29 is 24.1 Å². The van der Waals surface area contributed by atoms with E-state index in [-0.39, 0.29) is 36.3 Å². The van der Waals surface area contributed by atoms with E-state index in [2.05, 4.69) is 4.99 Å². The molecule has 0 aliphatic carbocycles. The van der Waals surface area contributed by atoms with Gasteiger partial charge in [0, 0.05) is 12.6 Å². The molecule has 2 saturated heterocycles. The van der Waals surface area contributed by atoms with E-state index in [1.165, 1.54) is 4.90 Å². The summed E-state index contributed by atoms with van der Waals surface area (Å²) in [4.78, 5) is 42.4. The zero-order chi connectivity index (χ0) is 16.3. The van der Waals surface area contributed by atoms with Crippen LogP contribution in [0.15, 0.2) is 28.4 Å². The third kappa shape index (κ3) is 1.94. The Hall–Kier alpha value is -2.77. The Labute approximate surface area is 131 Å². The fraction of sp³-hybridized carbons (Fsp3) is 0.400. The second-order valence-electron chi connectivity index (χ2n) is 6.03. The fourth-order valence-electron chi connectivity index (χ4n) is 3.37. The Kier molecular flexibility index (Phi) is 2.78. The zero-order valence-corrected chi connectivity index (χ0v) is 12.5. The molecule has 2 fully saturated rings. The summed E-state index contributed by atoms with van der Waals surface area (Å²) < 4.78 is 1.87. The number of amides is 2. The predicted molar refractivity (Wildman–Crippen MR) is 79.1 cm³/mol. The van der Waals surface area contributed by atoms with Crippen LogP contribution in [0.3, 0.4) is 0 Å². The van der Waals surface area contributed by atoms with Crippen molar-refractivity contribution in [2.75, 3.05) is 20.1 Å². The minimum Gasteiger partial charge on any atom is -0.477 e. The van der Waals surface area contributed by atoms with Gasteiger partial charge < -0.3 is 10.0 Å². The number of carbonyl (C=O) groups excluding carboxylic acids is 2. The van der Waals surface area contributed by atoms with Gasteiger partial charge in [0.2, 0.25) is 6.54 Å². The molecule has 0 spiro atoms. The third-order valence-electron chi connectivity index (χ3n) is 4.61. The van der Waals surface area contributed by atoms with E-state index in [0.29, 0.717) is 24.3 Å². The van der Waals surface area contributed by atoms with Gasteiger partial charge in [-0.3, -0.25) is 14.5 Å². The highest BCUT2D eigenvalue weighted by Crippen LogP contribution is 2.38. The first-order valence-electron chi connectivity index (χ1n) is 7.36. The third-order valence-corrected chi connectivity index (χ3v) is 4.61. The lowest BCUT2D eigenvalue weighted by atomic mass is 9.93. The van der Waals surface area contributed by atoms with Crippen molar-refractivity contribution >= 4 is 29.7 Å². The molecule has 0 saturated carbocycles. The molecule has 0 aromatic carbocycles. The quantitative estimate of drug-likeness (QED) is 0.395. The summed E-state index contributed by atoms with van der Waals surface area (Å²) in [7, 11) is 1.75. The van der Waals surface area contributed by atoms with Crippen LogP contribution in [0.25, 0.3) is 0 Å². The summed E-state index contributed by atoms with van der Waals surface area (Å²) in [6.07, 6.45) is 5.49. The molecular formula is C15H15N4O4+. The normalized spacial score (nSPS) is 30.7. The Bertz CT molecular complexity index is 776. The number of carbonyl (C=O) groups is 3. The number of hydrogen-bond donors (Lipinski definition) is 1. The molecule has 2 amide bonds. The highest BCUT2D eigenvalue weighted by Gasteiger charge is 2.49. The molecule has 2 unspecified atom stereocenters. The van der Waals surface area contributed by atoms with E-state index >= 15 is 0 Å². The molecular weight excluding hydrogens is 300 g/mol. The van der Waals surface area contributed by atoms with Crippen LogP contribution in [0.5, 0.6) is 0 Å². The number of aliphatic imine (C=N–C) groups is 1. The van der Waals surface area contributed by atoms with Crippen molar-refractivity contribution in [2.24, 2.45) is 4.99 Å². The number of aliphatic carboxylic acids is 1. The summed E-state index contributed by atoms with van der Waals surface area (Å²) >= 11 is 0. The van der Waals surface area contributed by atoms with Crippen LogP contribution < -0.4 is 0 Å². The molecule has 0 aromatic rings. The van der Waals surface area contributed by atoms with Gasteiger partial charge >= 0.3 is 5.97 Å². The molecule has 0 aromatic heterocycles. The predicted octanol–water partition coefficient (Wildman–Crippen LogP) is -1.17. The van der Waals surface area contributed by atoms with E-state index in [4.69, 9.17) is 5.11 Å². The number of rotatable bonds is 2. The van der Waals surface area contributed by atoms with Crippen LogP contribution in [0.1, 0.15) is 6.42 Å². The van der Waals surface area contributed by atoms with Crippen LogP contribution in [0.4, 0.5) is 0 Å². The van der Waals surface area contributed by atoms with Gasteiger partial charge in [-0.15, -0.1) is 0 Å². The number of allylic oxidation sites excluding steroid dienone is 1. The van der Waals surface area contributed by atoms with Crippen molar-refractivity contribution in [3.05, 3.63) is 23.4 Å². The summed E-state index contributed by atoms with van der Waals surface area (Å²) in [6.45, 7) is 0.807. The Morgan fingerprint density at radius 2 is 2.26 bits per heavy atom. The molecule has 0 bridgehead atoms. The number of carboxylic acids is 1. The van der Waals surface area contributed by atoms with E-state index in [0.717, 1.165) is 0 Å². The molecule has 8 heteroatoms. The lowest BCUT2D eigenvalue weighted by molar-refractivity contribution is -0.553. The number of piperazine rings is 1. The largest absolute Gasteiger partial charge is 0.477 e. The lowest BCUT2D eigenvalue weighted by Gasteiger charge is -2.38. The van der Waals surface area contributed by atoms with E-state index in [1.807, 2.05) is 4.58 Å². The molecule has 118 valence electrons. The topological polar surface area (TPSA) is 93.3 Å². The second-order valence-corrected chi connectivity index (χ2v) is 6.03. The first kappa shape index (κ1) is 13.9. The van der Waals surface area contributed by atoms with Crippen LogP contribution in [0.2, 0.25) is 0 Å². The molecule has 1 N–H and O–H groups in total. The zero-order valence-electron chi connectivity index (χ0n) is 12.5. The number of hydrogen-bond acceptors (Lipinski definition) is 4. The number of likely N-dealkylation sites (N-methyl/N-ethyl adjacent to an activating group) is 1. The highest BCUT2D eigenvalue weighted by atomic mass is 16.4. The van der Waals surface area contributed by atoms with Gasteiger partial charge in [-0.2, -0.15) is 4.58 Å². The minimum atomic E-state index is -1.08. The van der Waals surface area contributed by atoms with Gasteiger partial charge in [-0.25, -0.2) is 9.79 Å². The van der Waals surface area contributed by atoms with Crippen LogP contribution >= 0.6 is 0 Å². The molecule has 4 rings (SSSR count). The Morgan fingerprint density at radius 1 is 1.48 bits per heavy atom. The molecule has 4 aliphatic rings. The van der Waals surface area contributed by atoms with Gasteiger partial charge in [0.1, 0.15) is 18.0 Å². The summed E-state index contributed by atoms with van der Waals surface area (Å²) in [5.74, 6) is -1.32. The van der Waals surface area contributed by atoms with Crippen LogP contribution in [-0.4, -0.2) is 81.5 Å². The second kappa shape index (κ2) is 4.61. The smallest absolute Gasteiger partial charge is 0.352 e. The Morgan fingerprint density at radius 3 is 3.00 bits per heavy atom. The van der Waals surface area contributed by atoms with Crippen LogP contribution in [0, 0.1) is 0 Å². The van der Waals surface area contributed by atoms with E-state index < -0.39 is 5.97 Å². The van der Waals surface area contributed by atoms with Gasteiger partial charge in [0.25, 0.3) is 18.0 Å². The monoisotopic (exact) mass is 315 g/mol. The molecule has 23 heavy (non-hydrogen) atoms. The molecule has 4 heterocycles. The minimum absolute atomic E-state index is 0.0404. The van der Waals surface area contributed by atoms with Crippen molar-refractivity contribution in [3.8, 4) is 0 Å².